The van der Waals surface area contributed by atoms with E-state index in [2.05, 4.69) is 4.99 Å². The number of hydrogen-bond acceptors (Lipinski definition) is 6. The van der Waals surface area contributed by atoms with Crippen molar-refractivity contribution < 1.29 is 13.9 Å². The van der Waals surface area contributed by atoms with Crippen LogP contribution < -0.4 is 19.8 Å². The number of anilines is 1. The van der Waals surface area contributed by atoms with Crippen LogP contribution in [0.3, 0.4) is 0 Å². The number of ether oxygens (including phenoxy) is 1. The summed E-state index contributed by atoms with van der Waals surface area (Å²) in [4.78, 5) is 33.5. The average Bonchev–Trinajstić information content (AvgIpc) is 3.09. The predicted molar refractivity (Wildman–Crippen MR) is 128 cm³/mol. The van der Waals surface area contributed by atoms with Gasteiger partial charge in [0.15, 0.2) is 4.80 Å². The van der Waals surface area contributed by atoms with Gasteiger partial charge < -0.3 is 9.64 Å². The highest BCUT2D eigenvalue weighted by Gasteiger charge is 2.33. The number of hydrogen-bond donors (Lipinski definition) is 0. The van der Waals surface area contributed by atoms with Gasteiger partial charge in [0.2, 0.25) is 0 Å². The van der Waals surface area contributed by atoms with Crippen molar-refractivity contribution in [3.63, 3.8) is 0 Å². The number of thiazole rings is 1. The van der Waals surface area contributed by atoms with Crippen molar-refractivity contribution in [3.8, 4) is 0 Å². The van der Waals surface area contributed by atoms with Crippen molar-refractivity contribution in [3.05, 3.63) is 96.4 Å². The maximum atomic E-state index is 13.5. The lowest BCUT2D eigenvalue weighted by atomic mass is 9.95. The zero-order valence-electron chi connectivity index (χ0n) is 18.8. The largest absolute Gasteiger partial charge is 0.463 e. The Balaban J connectivity index is 1.92. The number of allylic oxidation sites excluding steroid dienone is 1. The lowest BCUT2D eigenvalue weighted by molar-refractivity contribution is -0.139. The van der Waals surface area contributed by atoms with Crippen LogP contribution in [0.15, 0.2) is 69.6 Å². The highest BCUT2D eigenvalue weighted by molar-refractivity contribution is 7.07. The molecule has 0 aliphatic carbocycles. The minimum Gasteiger partial charge on any atom is -0.463 e. The van der Waals surface area contributed by atoms with Gasteiger partial charge in [0.1, 0.15) is 5.82 Å². The maximum Gasteiger partial charge on any atom is 0.338 e. The number of carbonyl (C=O) groups excluding carboxylic acids is 1. The molecule has 1 aliphatic heterocycles. The third-order valence-electron chi connectivity index (χ3n) is 5.41. The van der Waals surface area contributed by atoms with Crippen molar-refractivity contribution >= 4 is 29.1 Å². The number of fused-ring (bicyclic) bond motifs is 1. The number of benzene rings is 2. The number of nitrogens with zero attached hydrogens (tertiary/aromatic N) is 3. The number of aromatic nitrogens is 1. The fourth-order valence-corrected chi connectivity index (χ4v) is 4.82. The Bertz CT molecular complexity index is 1400. The second-order valence-electron chi connectivity index (χ2n) is 7.84. The Morgan fingerprint density at radius 2 is 1.85 bits per heavy atom. The van der Waals surface area contributed by atoms with Crippen molar-refractivity contribution in [2.24, 2.45) is 4.99 Å². The van der Waals surface area contributed by atoms with Crippen LogP contribution in [-0.4, -0.2) is 31.2 Å². The summed E-state index contributed by atoms with van der Waals surface area (Å²) in [6, 6.07) is 13.0. The van der Waals surface area contributed by atoms with E-state index in [1.54, 1.807) is 36.6 Å². The molecule has 1 atom stereocenters. The summed E-state index contributed by atoms with van der Waals surface area (Å²) in [7, 11) is 3.89. The second kappa shape index (κ2) is 9.15. The number of halogens is 1. The van der Waals surface area contributed by atoms with Gasteiger partial charge in [-0.1, -0.05) is 35.6 Å². The molecule has 33 heavy (non-hydrogen) atoms. The molecule has 2 aromatic carbocycles. The van der Waals surface area contributed by atoms with Gasteiger partial charge in [-0.15, -0.1) is 0 Å². The van der Waals surface area contributed by atoms with Crippen LogP contribution in [0.4, 0.5) is 10.1 Å². The zero-order chi connectivity index (χ0) is 23.7. The summed E-state index contributed by atoms with van der Waals surface area (Å²) in [5, 5.41) is 0. The van der Waals surface area contributed by atoms with E-state index in [1.807, 2.05) is 43.3 Å². The Morgan fingerprint density at radius 3 is 2.45 bits per heavy atom. The Morgan fingerprint density at radius 1 is 1.18 bits per heavy atom. The molecule has 0 unspecified atom stereocenters. The molecule has 2 heterocycles. The number of carbonyl (C=O) groups is 1. The first kappa shape index (κ1) is 22.7. The first-order valence-corrected chi connectivity index (χ1v) is 11.3. The molecule has 4 rings (SSSR count). The molecule has 3 aromatic rings. The van der Waals surface area contributed by atoms with Crippen LogP contribution in [0.2, 0.25) is 0 Å². The quantitative estimate of drug-likeness (QED) is 0.544. The molecule has 0 bridgehead atoms. The van der Waals surface area contributed by atoms with E-state index < -0.39 is 12.0 Å². The third kappa shape index (κ3) is 4.39. The van der Waals surface area contributed by atoms with Gasteiger partial charge in [0.05, 0.1) is 28.5 Å². The molecule has 1 aliphatic rings. The first-order valence-electron chi connectivity index (χ1n) is 10.5. The van der Waals surface area contributed by atoms with E-state index >= 15 is 0 Å². The van der Waals surface area contributed by atoms with Crippen molar-refractivity contribution in [1.29, 1.82) is 0 Å². The Hall–Kier alpha value is -3.52. The Kier molecular flexibility index (Phi) is 6.29. The Labute approximate surface area is 194 Å². The van der Waals surface area contributed by atoms with E-state index in [9.17, 15) is 14.0 Å². The van der Waals surface area contributed by atoms with E-state index in [-0.39, 0.29) is 18.0 Å². The standard InChI is InChI=1S/C25H24FN3O3S/c1-5-32-24(31)21-15(2)27-25-29(22(21)17-8-12-19(13-9-17)28(3)4)23(30)20(33-25)14-16-6-10-18(26)11-7-16/h6-14,22H,5H2,1-4H3/t22-/m1/s1. The fraction of sp³-hybridized carbons (Fsp3) is 0.240. The molecule has 1 aromatic heterocycles. The highest BCUT2D eigenvalue weighted by Crippen LogP contribution is 2.31. The average molecular weight is 466 g/mol. The number of rotatable bonds is 5. The highest BCUT2D eigenvalue weighted by atomic mass is 32.1. The predicted octanol–water partition coefficient (Wildman–Crippen LogP) is 3.00. The van der Waals surface area contributed by atoms with Gasteiger partial charge in [0, 0.05) is 19.8 Å². The maximum absolute atomic E-state index is 13.5. The lowest BCUT2D eigenvalue weighted by Gasteiger charge is -2.25. The van der Waals surface area contributed by atoms with Gasteiger partial charge in [-0.25, -0.2) is 14.2 Å². The summed E-state index contributed by atoms with van der Waals surface area (Å²) < 4.78 is 20.6. The van der Waals surface area contributed by atoms with Crippen LogP contribution in [0.25, 0.3) is 6.08 Å². The smallest absolute Gasteiger partial charge is 0.338 e. The molecule has 0 spiro atoms. The summed E-state index contributed by atoms with van der Waals surface area (Å²) in [5.74, 6) is -0.835. The normalized spacial score (nSPS) is 15.8. The molecule has 0 saturated carbocycles. The van der Waals surface area contributed by atoms with Crippen molar-refractivity contribution in [2.45, 2.75) is 19.9 Å². The minimum absolute atomic E-state index is 0.219. The van der Waals surface area contributed by atoms with Gasteiger partial charge in [0.25, 0.3) is 5.56 Å². The summed E-state index contributed by atoms with van der Waals surface area (Å²) >= 11 is 1.24. The van der Waals surface area contributed by atoms with Crippen LogP contribution >= 0.6 is 11.3 Å². The molecule has 0 radical (unpaired) electrons. The molecule has 0 saturated heterocycles. The van der Waals surface area contributed by atoms with Gasteiger partial charge >= 0.3 is 5.97 Å². The van der Waals surface area contributed by atoms with Gasteiger partial charge in [-0.05, 0) is 55.3 Å². The molecule has 170 valence electrons. The van der Waals surface area contributed by atoms with Crippen LogP contribution in [0.1, 0.15) is 31.0 Å². The van der Waals surface area contributed by atoms with Crippen LogP contribution in [0, 0.1) is 5.82 Å². The fourth-order valence-electron chi connectivity index (χ4n) is 3.77. The molecule has 0 N–H and O–H groups in total. The zero-order valence-corrected chi connectivity index (χ0v) is 19.6. The molecule has 6 nitrogen and oxygen atoms in total. The van der Waals surface area contributed by atoms with Crippen LogP contribution in [-0.2, 0) is 9.53 Å². The van der Waals surface area contributed by atoms with Crippen molar-refractivity contribution in [2.75, 3.05) is 25.6 Å². The third-order valence-corrected chi connectivity index (χ3v) is 6.39. The monoisotopic (exact) mass is 465 g/mol. The SMILES string of the molecule is CCOC(=O)C1=C(C)N=c2sc(=Cc3ccc(F)cc3)c(=O)n2[C@@H]1c1ccc(N(C)C)cc1. The first-order chi connectivity index (χ1) is 15.8. The van der Waals surface area contributed by atoms with Gasteiger partial charge in [-0.3, -0.25) is 9.36 Å². The topological polar surface area (TPSA) is 63.9 Å². The van der Waals surface area contributed by atoms with Crippen molar-refractivity contribution in [1.82, 2.24) is 4.57 Å². The van der Waals surface area contributed by atoms with Crippen LogP contribution in [0.5, 0.6) is 0 Å². The second-order valence-corrected chi connectivity index (χ2v) is 8.85. The van der Waals surface area contributed by atoms with E-state index in [1.165, 1.54) is 23.5 Å². The molecule has 0 amide bonds. The van der Waals surface area contributed by atoms with E-state index in [4.69, 9.17) is 4.74 Å². The lowest BCUT2D eigenvalue weighted by Crippen LogP contribution is -2.39. The van der Waals surface area contributed by atoms with E-state index in [0.717, 1.165) is 11.3 Å². The number of esters is 1. The molecular formula is C25H24FN3O3S. The minimum atomic E-state index is -0.660. The van der Waals surface area contributed by atoms with Gasteiger partial charge in [-0.2, -0.15) is 0 Å². The summed E-state index contributed by atoms with van der Waals surface area (Å²) in [6.45, 7) is 3.72. The molecular weight excluding hydrogens is 441 g/mol. The summed E-state index contributed by atoms with van der Waals surface area (Å²) in [5.41, 5.74) is 3.09. The summed E-state index contributed by atoms with van der Waals surface area (Å²) in [6.07, 6.45) is 1.71. The molecule has 0 fully saturated rings. The van der Waals surface area contributed by atoms with E-state index in [0.29, 0.717) is 26.2 Å². The molecule has 8 heteroatoms.